The number of amides is 2. The normalized spacial score (nSPS) is 21.5. The van der Waals surface area contributed by atoms with E-state index in [4.69, 9.17) is 4.74 Å². The number of hydrogen-bond donors (Lipinski definition) is 2. The van der Waals surface area contributed by atoms with Gasteiger partial charge < -0.3 is 20.1 Å². The van der Waals surface area contributed by atoms with Crippen molar-refractivity contribution in [3.8, 4) is 0 Å². The van der Waals surface area contributed by atoms with Crippen LogP contribution in [-0.2, 0) is 19.1 Å². The molecule has 0 aromatic heterocycles. The van der Waals surface area contributed by atoms with E-state index in [1.807, 2.05) is 0 Å². The van der Waals surface area contributed by atoms with Crippen LogP contribution in [0.1, 0.15) is 39.0 Å². The number of methoxy groups -OCH3 is 1. The highest BCUT2D eigenvalue weighted by Crippen LogP contribution is 2.35. The number of piperidine rings is 1. The van der Waals surface area contributed by atoms with Crippen molar-refractivity contribution in [2.24, 2.45) is 5.41 Å². The lowest BCUT2D eigenvalue weighted by atomic mass is 9.76. The van der Waals surface area contributed by atoms with Gasteiger partial charge in [-0.05, 0) is 25.7 Å². The summed E-state index contributed by atoms with van der Waals surface area (Å²) in [7, 11) is 1.59. The quantitative estimate of drug-likeness (QED) is 0.641. The van der Waals surface area contributed by atoms with Gasteiger partial charge in [0, 0.05) is 46.7 Å². The van der Waals surface area contributed by atoms with Crippen LogP contribution in [0.15, 0.2) is 0 Å². The van der Waals surface area contributed by atoms with Crippen molar-refractivity contribution < 1.29 is 24.2 Å². The molecule has 7 heteroatoms. The number of aliphatic carboxylic acids is 1. The SMILES string of the molecule is COCCC[C@@]1(C(=O)O)CCCN(C(=O)CCNC(C)=O)C1. The average molecular weight is 314 g/mol. The molecule has 0 aromatic carbocycles. The monoisotopic (exact) mass is 314 g/mol. The summed E-state index contributed by atoms with van der Waals surface area (Å²) in [5, 5.41) is 12.2. The molecule has 1 aliphatic rings. The van der Waals surface area contributed by atoms with Crippen LogP contribution in [0.5, 0.6) is 0 Å². The Morgan fingerprint density at radius 2 is 2.09 bits per heavy atom. The molecule has 0 unspecified atom stereocenters. The van der Waals surface area contributed by atoms with Crippen molar-refractivity contribution in [1.29, 1.82) is 0 Å². The molecule has 0 bridgehead atoms. The topological polar surface area (TPSA) is 95.9 Å². The molecule has 1 rings (SSSR count). The maximum atomic E-state index is 12.2. The fourth-order valence-electron chi connectivity index (χ4n) is 2.89. The second kappa shape index (κ2) is 8.73. The minimum atomic E-state index is -0.875. The number of hydrogen-bond acceptors (Lipinski definition) is 4. The van der Waals surface area contributed by atoms with Crippen LogP contribution in [-0.4, -0.2) is 61.1 Å². The van der Waals surface area contributed by atoms with E-state index in [1.165, 1.54) is 6.92 Å². The van der Waals surface area contributed by atoms with Crippen LogP contribution in [0, 0.1) is 5.41 Å². The fraction of sp³-hybridized carbons (Fsp3) is 0.800. The van der Waals surface area contributed by atoms with E-state index in [0.717, 1.165) is 0 Å². The number of carboxylic acid groups (broad SMARTS) is 1. The number of nitrogens with zero attached hydrogens (tertiary/aromatic N) is 1. The highest BCUT2D eigenvalue weighted by molar-refractivity contribution is 5.80. The molecular formula is C15H26N2O5. The van der Waals surface area contributed by atoms with E-state index >= 15 is 0 Å². The number of nitrogens with one attached hydrogen (secondary N) is 1. The molecule has 0 spiro atoms. The average Bonchev–Trinajstić information content (AvgIpc) is 2.47. The Hall–Kier alpha value is -1.63. The van der Waals surface area contributed by atoms with Gasteiger partial charge in [-0.3, -0.25) is 14.4 Å². The first-order valence-corrected chi connectivity index (χ1v) is 7.66. The molecule has 0 aromatic rings. The number of carbonyl (C=O) groups is 3. The lowest BCUT2D eigenvalue weighted by molar-refractivity contribution is -0.155. The van der Waals surface area contributed by atoms with Gasteiger partial charge in [0.15, 0.2) is 0 Å². The minimum Gasteiger partial charge on any atom is -0.481 e. The van der Waals surface area contributed by atoms with E-state index in [2.05, 4.69) is 5.32 Å². The maximum absolute atomic E-state index is 12.2. The molecule has 126 valence electrons. The number of carboxylic acids is 1. The largest absolute Gasteiger partial charge is 0.481 e. The predicted molar refractivity (Wildman–Crippen MR) is 80.3 cm³/mol. The van der Waals surface area contributed by atoms with Gasteiger partial charge in [0.25, 0.3) is 0 Å². The van der Waals surface area contributed by atoms with Crippen LogP contribution < -0.4 is 5.32 Å². The summed E-state index contributed by atoms with van der Waals surface area (Å²) in [6, 6.07) is 0. The molecule has 2 amide bonds. The van der Waals surface area contributed by atoms with Crippen molar-refractivity contribution in [1.82, 2.24) is 10.2 Å². The summed E-state index contributed by atoms with van der Waals surface area (Å²) in [6.07, 6.45) is 2.64. The van der Waals surface area contributed by atoms with Crippen molar-refractivity contribution in [2.45, 2.75) is 39.0 Å². The van der Waals surface area contributed by atoms with Gasteiger partial charge in [-0.25, -0.2) is 0 Å². The zero-order valence-corrected chi connectivity index (χ0v) is 13.4. The molecule has 7 nitrogen and oxygen atoms in total. The molecule has 0 radical (unpaired) electrons. The Morgan fingerprint density at radius 3 is 2.68 bits per heavy atom. The highest BCUT2D eigenvalue weighted by atomic mass is 16.5. The van der Waals surface area contributed by atoms with E-state index in [-0.39, 0.29) is 31.3 Å². The van der Waals surface area contributed by atoms with Gasteiger partial charge in [0.05, 0.1) is 5.41 Å². The van der Waals surface area contributed by atoms with Crippen molar-refractivity contribution >= 4 is 17.8 Å². The standard InChI is InChI=1S/C15H26N2O5/c1-12(18)16-8-5-13(19)17-9-3-6-15(11-17,14(20)21)7-4-10-22-2/h3-11H2,1-2H3,(H,16,18)(H,20,21)/t15-/m0/s1. The Kier molecular flexibility index (Phi) is 7.31. The van der Waals surface area contributed by atoms with E-state index < -0.39 is 11.4 Å². The molecule has 1 fully saturated rings. The smallest absolute Gasteiger partial charge is 0.311 e. The molecular weight excluding hydrogens is 288 g/mol. The Morgan fingerprint density at radius 1 is 1.36 bits per heavy atom. The summed E-state index contributed by atoms with van der Waals surface area (Å²) < 4.78 is 4.99. The summed E-state index contributed by atoms with van der Waals surface area (Å²) >= 11 is 0. The van der Waals surface area contributed by atoms with Crippen LogP contribution in [0.3, 0.4) is 0 Å². The number of ether oxygens (including phenoxy) is 1. The predicted octanol–water partition coefficient (Wildman–Crippen LogP) is 0.633. The third-order valence-electron chi connectivity index (χ3n) is 4.10. The van der Waals surface area contributed by atoms with Gasteiger partial charge in [-0.1, -0.05) is 0 Å². The third-order valence-corrected chi connectivity index (χ3v) is 4.10. The first-order valence-electron chi connectivity index (χ1n) is 7.66. The summed E-state index contributed by atoms with van der Waals surface area (Å²) in [4.78, 5) is 36.3. The number of likely N-dealkylation sites (tertiary alicyclic amines) is 1. The van der Waals surface area contributed by atoms with Crippen LogP contribution in [0.25, 0.3) is 0 Å². The minimum absolute atomic E-state index is 0.106. The first kappa shape index (κ1) is 18.4. The first-order chi connectivity index (χ1) is 10.4. The highest BCUT2D eigenvalue weighted by Gasteiger charge is 2.42. The lowest BCUT2D eigenvalue weighted by Gasteiger charge is -2.40. The molecule has 0 aliphatic carbocycles. The molecule has 22 heavy (non-hydrogen) atoms. The maximum Gasteiger partial charge on any atom is 0.311 e. The van der Waals surface area contributed by atoms with E-state index in [1.54, 1.807) is 12.0 Å². The Labute approximate surface area is 131 Å². The van der Waals surface area contributed by atoms with E-state index in [0.29, 0.717) is 38.8 Å². The zero-order chi connectivity index (χ0) is 16.6. The van der Waals surface area contributed by atoms with Gasteiger partial charge in [-0.15, -0.1) is 0 Å². The molecule has 0 saturated carbocycles. The second-order valence-electron chi connectivity index (χ2n) is 5.83. The number of carbonyl (C=O) groups excluding carboxylic acids is 2. The molecule has 1 heterocycles. The van der Waals surface area contributed by atoms with Gasteiger partial charge in [-0.2, -0.15) is 0 Å². The second-order valence-corrected chi connectivity index (χ2v) is 5.83. The molecule has 1 saturated heterocycles. The Balaban J connectivity index is 2.60. The summed E-state index contributed by atoms with van der Waals surface area (Å²) in [5.41, 5.74) is -0.875. The van der Waals surface area contributed by atoms with Crippen molar-refractivity contribution in [2.75, 3.05) is 33.4 Å². The zero-order valence-electron chi connectivity index (χ0n) is 13.4. The van der Waals surface area contributed by atoms with Crippen molar-refractivity contribution in [3.63, 3.8) is 0 Å². The summed E-state index contributed by atoms with van der Waals surface area (Å²) in [5.74, 6) is -1.13. The molecule has 1 aliphatic heterocycles. The lowest BCUT2D eigenvalue weighted by Crippen LogP contribution is -2.50. The fourth-order valence-corrected chi connectivity index (χ4v) is 2.89. The van der Waals surface area contributed by atoms with Crippen LogP contribution >= 0.6 is 0 Å². The van der Waals surface area contributed by atoms with Crippen LogP contribution in [0.2, 0.25) is 0 Å². The molecule has 1 atom stereocenters. The van der Waals surface area contributed by atoms with Gasteiger partial charge in [0.2, 0.25) is 11.8 Å². The van der Waals surface area contributed by atoms with Crippen molar-refractivity contribution in [3.05, 3.63) is 0 Å². The third kappa shape index (κ3) is 5.29. The van der Waals surface area contributed by atoms with E-state index in [9.17, 15) is 19.5 Å². The summed E-state index contributed by atoms with van der Waals surface area (Å²) in [6.45, 7) is 3.03. The van der Waals surface area contributed by atoms with Gasteiger partial charge >= 0.3 is 5.97 Å². The number of rotatable bonds is 8. The molecule has 2 N–H and O–H groups in total. The van der Waals surface area contributed by atoms with Crippen LogP contribution in [0.4, 0.5) is 0 Å². The Bertz CT molecular complexity index is 413. The van der Waals surface area contributed by atoms with Gasteiger partial charge in [0.1, 0.15) is 0 Å².